The van der Waals surface area contributed by atoms with Gasteiger partial charge in [-0.3, -0.25) is 0 Å². The molecular formula is C16H28P2. The molecule has 0 aliphatic rings. The highest BCUT2D eigenvalue weighted by atomic mass is 31.1. The molecule has 18 heavy (non-hydrogen) atoms. The van der Waals surface area contributed by atoms with E-state index < -0.39 is 0 Å². The van der Waals surface area contributed by atoms with Gasteiger partial charge in [0.05, 0.1) is 0 Å². The smallest absolute Gasteiger partial charge is 0.00958 e. The van der Waals surface area contributed by atoms with Gasteiger partial charge in [-0.15, -0.1) is 17.2 Å². The van der Waals surface area contributed by atoms with Crippen LogP contribution in [0.3, 0.4) is 0 Å². The number of hydrogen-bond donors (Lipinski definition) is 0. The molecular weight excluding hydrogens is 254 g/mol. The Hall–Kier alpha value is 0.0800. The highest BCUT2D eigenvalue weighted by molar-refractivity contribution is 7.39. The molecule has 0 radical (unpaired) electrons. The maximum absolute atomic E-state index is 2.41. The molecule has 0 amide bonds. The summed E-state index contributed by atoms with van der Waals surface area (Å²) in [5, 5.41) is 0.923. The normalized spacial score (nSPS) is 14.1. The van der Waals surface area contributed by atoms with E-state index in [1.807, 2.05) is 0 Å². The van der Waals surface area contributed by atoms with Gasteiger partial charge in [0.15, 0.2) is 0 Å². The zero-order valence-electron chi connectivity index (χ0n) is 12.7. The minimum Gasteiger partial charge on any atom is -0.112 e. The summed E-state index contributed by atoms with van der Waals surface area (Å²) < 4.78 is 0. The van der Waals surface area contributed by atoms with E-state index in [0.29, 0.717) is 10.3 Å². The van der Waals surface area contributed by atoms with Gasteiger partial charge in [-0.2, -0.15) is 0 Å². The van der Waals surface area contributed by atoms with Crippen molar-refractivity contribution in [2.24, 2.45) is 0 Å². The highest BCUT2D eigenvalue weighted by Crippen LogP contribution is 2.36. The van der Waals surface area contributed by atoms with Crippen molar-refractivity contribution < 1.29 is 0 Å². The maximum Gasteiger partial charge on any atom is -0.00958 e. The molecule has 0 nitrogen and oxygen atoms in total. The van der Waals surface area contributed by atoms with E-state index in [2.05, 4.69) is 65.8 Å². The van der Waals surface area contributed by atoms with Crippen molar-refractivity contribution in [2.75, 3.05) is 0 Å². The molecule has 102 valence electrons. The Morgan fingerprint density at radius 3 is 1.50 bits per heavy atom. The maximum atomic E-state index is 2.41. The van der Waals surface area contributed by atoms with Gasteiger partial charge in [-0.25, -0.2) is 0 Å². The van der Waals surface area contributed by atoms with E-state index in [-0.39, 0.29) is 0 Å². The summed E-state index contributed by atoms with van der Waals surface area (Å²) in [6, 6.07) is 9.20. The van der Waals surface area contributed by atoms with Crippen molar-refractivity contribution in [3.63, 3.8) is 0 Å². The van der Waals surface area contributed by atoms with Crippen LogP contribution >= 0.6 is 17.2 Å². The van der Waals surface area contributed by atoms with Crippen LogP contribution in [0.15, 0.2) is 24.3 Å². The van der Waals surface area contributed by atoms with E-state index in [1.54, 1.807) is 0 Å². The molecule has 0 aromatic heterocycles. The number of benzene rings is 1. The molecule has 0 aliphatic carbocycles. The molecule has 1 aromatic rings. The zero-order valence-corrected chi connectivity index (χ0v) is 14.7. The van der Waals surface area contributed by atoms with Gasteiger partial charge in [-0.1, -0.05) is 65.8 Å². The molecule has 2 unspecified atom stereocenters. The van der Waals surface area contributed by atoms with Gasteiger partial charge in [0.25, 0.3) is 0 Å². The molecule has 0 N–H and O–H groups in total. The Labute approximate surface area is 117 Å². The van der Waals surface area contributed by atoms with E-state index in [1.165, 1.54) is 23.5 Å². The largest absolute Gasteiger partial charge is 0.112 e. The third-order valence-corrected chi connectivity index (χ3v) is 5.93. The number of rotatable bonds is 4. The molecule has 0 saturated heterocycles. The average Bonchev–Trinajstić information content (AvgIpc) is 2.22. The lowest BCUT2D eigenvalue weighted by molar-refractivity contribution is 0.792. The van der Waals surface area contributed by atoms with Crippen LogP contribution in [0.25, 0.3) is 0 Å². The average molecular weight is 282 g/mol. The second-order valence-corrected chi connectivity index (χ2v) is 11.4. The van der Waals surface area contributed by atoms with Gasteiger partial charge in [0.1, 0.15) is 0 Å². The fraction of sp³-hybridized carbons (Fsp3) is 0.625. The molecule has 0 spiro atoms. The fourth-order valence-electron chi connectivity index (χ4n) is 1.58. The highest BCUT2D eigenvalue weighted by Gasteiger charge is 2.11. The second-order valence-electron chi connectivity index (χ2n) is 7.03. The van der Waals surface area contributed by atoms with Gasteiger partial charge >= 0.3 is 0 Å². The van der Waals surface area contributed by atoms with E-state index >= 15 is 0 Å². The monoisotopic (exact) mass is 282 g/mol. The molecule has 0 fully saturated rings. The first-order chi connectivity index (χ1) is 8.16. The first kappa shape index (κ1) is 16.1. The Morgan fingerprint density at radius 1 is 0.778 bits per heavy atom. The summed E-state index contributed by atoms with van der Waals surface area (Å²) in [6.07, 6.45) is 2.46. The summed E-state index contributed by atoms with van der Waals surface area (Å²) in [7, 11) is 2.02. The zero-order chi connectivity index (χ0) is 13.8. The van der Waals surface area contributed by atoms with Crippen LogP contribution in [0, 0.1) is 0 Å². The molecule has 1 rings (SSSR count). The van der Waals surface area contributed by atoms with Crippen molar-refractivity contribution >= 4 is 17.2 Å². The van der Waals surface area contributed by atoms with Crippen LogP contribution in [0.2, 0.25) is 0 Å². The van der Waals surface area contributed by atoms with Crippen molar-refractivity contribution in [3.05, 3.63) is 35.4 Å². The van der Waals surface area contributed by atoms with Gasteiger partial charge in [0.2, 0.25) is 0 Å². The van der Waals surface area contributed by atoms with Crippen molar-refractivity contribution in [1.82, 2.24) is 0 Å². The lowest BCUT2D eigenvalue weighted by Crippen LogP contribution is -2.05. The van der Waals surface area contributed by atoms with Crippen LogP contribution in [-0.4, -0.2) is 10.3 Å². The topological polar surface area (TPSA) is 0 Å². The van der Waals surface area contributed by atoms with Crippen molar-refractivity contribution in [1.29, 1.82) is 0 Å². The van der Waals surface area contributed by atoms with Gasteiger partial charge in [0, 0.05) is 0 Å². The van der Waals surface area contributed by atoms with Crippen molar-refractivity contribution in [3.8, 4) is 0 Å². The molecule has 0 aliphatic heterocycles. The van der Waals surface area contributed by atoms with E-state index in [0.717, 1.165) is 17.2 Å². The molecule has 0 bridgehead atoms. The summed E-state index contributed by atoms with van der Waals surface area (Å²) in [6.45, 7) is 14.0. The first-order valence-electron chi connectivity index (χ1n) is 6.74. The Kier molecular flexibility index (Phi) is 5.82. The van der Waals surface area contributed by atoms with Crippen LogP contribution in [0.4, 0.5) is 0 Å². The standard InChI is InChI=1S/C16H28P2/c1-15(2,3)17-11-13-8-7-9-14(10-13)12-18-16(4,5)6/h7-10,17-18H,11-12H2,1-6H3. The minimum absolute atomic E-state index is 0.461. The minimum atomic E-state index is 0.461. The van der Waals surface area contributed by atoms with Crippen LogP contribution in [0.5, 0.6) is 0 Å². The van der Waals surface area contributed by atoms with E-state index in [9.17, 15) is 0 Å². The molecule has 0 saturated carbocycles. The summed E-state index contributed by atoms with van der Waals surface area (Å²) in [4.78, 5) is 0. The molecule has 2 atom stereocenters. The first-order valence-corrected chi connectivity index (χ1v) is 9.15. The van der Waals surface area contributed by atoms with Gasteiger partial charge in [-0.05, 0) is 33.8 Å². The van der Waals surface area contributed by atoms with Gasteiger partial charge < -0.3 is 0 Å². The predicted molar refractivity (Wildman–Crippen MR) is 90.0 cm³/mol. The summed E-state index contributed by atoms with van der Waals surface area (Å²) in [5.74, 6) is 0. The number of hydrogen-bond acceptors (Lipinski definition) is 0. The molecule has 2 heteroatoms. The summed E-state index contributed by atoms with van der Waals surface area (Å²) >= 11 is 0. The van der Waals surface area contributed by atoms with E-state index in [4.69, 9.17) is 0 Å². The molecule has 0 heterocycles. The molecule has 1 aromatic carbocycles. The van der Waals surface area contributed by atoms with Crippen LogP contribution in [-0.2, 0) is 12.3 Å². The Bertz CT molecular complexity index is 336. The lowest BCUT2D eigenvalue weighted by Gasteiger charge is -2.19. The quantitative estimate of drug-likeness (QED) is 0.627. The predicted octanol–water partition coefficient (Wildman–Crippen LogP) is 5.64. The second kappa shape index (κ2) is 6.49. The van der Waals surface area contributed by atoms with Crippen LogP contribution in [0.1, 0.15) is 52.7 Å². The van der Waals surface area contributed by atoms with Crippen molar-refractivity contribution in [2.45, 2.75) is 64.2 Å². The third-order valence-electron chi connectivity index (χ3n) is 2.64. The third kappa shape index (κ3) is 7.50. The van der Waals surface area contributed by atoms with Crippen LogP contribution < -0.4 is 0 Å². The lowest BCUT2D eigenvalue weighted by atomic mass is 10.2. The SMILES string of the molecule is CC(C)(C)PCc1cccc(CPC(C)(C)C)c1. The summed E-state index contributed by atoms with van der Waals surface area (Å²) in [5.41, 5.74) is 3.03. The Balaban J connectivity index is 2.57. The fourth-order valence-corrected chi connectivity index (χ4v) is 3.49. The Morgan fingerprint density at radius 2 is 1.17 bits per heavy atom.